The average Bonchev–Trinajstić information content (AvgIpc) is 3.39. The summed E-state index contributed by atoms with van der Waals surface area (Å²) in [5, 5.41) is 13.6. The number of carbonyl (C=O) groups excluding carboxylic acids is 1. The van der Waals surface area contributed by atoms with E-state index in [1.54, 1.807) is 29.5 Å². The number of nitrogens with one attached hydrogen (secondary N) is 1. The van der Waals surface area contributed by atoms with E-state index in [4.69, 9.17) is 0 Å². The molecule has 1 saturated heterocycles. The minimum absolute atomic E-state index is 0.123. The second-order valence-corrected chi connectivity index (χ2v) is 9.77. The summed E-state index contributed by atoms with van der Waals surface area (Å²) in [5.74, 6) is 0.606. The molecule has 0 unspecified atom stereocenters. The molecule has 4 aromatic rings. The lowest BCUT2D eigenvalue weighted by atomic mass is 10.0. The molecule has 10 heteroatoms. The SMILES string of the molecule is CC(C)Nc1cncc(-c2ccc3cnc(CC(=O)c4cn(C5CCN(CCF)CC5)nn4)cc3c2)n1. The van der Waals surface area contributed by atoms with Crippen LogP contribution in [0, 0.1) is 0 Å². The molecule has 9 nitrogen and oxygen atoms in total. The summed E-state index contributed by atoms with van der Waals surface area (Å²) < 4.78 is 14.4. The first kappa shape index (κ1) is 24.9. The van der Waals surface area contributed by atoms with Crippen molar-refractivity contribution in [2.75, 3.05) is 31.6 Å². The van der Waals surface area contributed by atoms with Crippen molar-refractivity contribution < 1.29 is 9.18 Å². The van der Waals surface area contributed by atoms with Gasteiger partial charge < -0.3 is 10.2 Å². The van der Waals surface area contributed by atoms with Gasteiger partial charge in [-0.25, -0.2) is 14.1 Å². The Morgan fingerprint density at radius 1 is 1.14 bits per heavy atom. The predicted molar refractivity (Wildman–Crippen MR) is 140 cm³/mol. The van der Waals surface area contributed by atoms with E-state index in [2.05, 4.69) is 49.3 Å². The van der Waals surface area contributed by atoms with Crippen LogP contribution in [0.3, 0.4) is 0 Å². The van der Waals surface area contributed by atoms with Crippen molar-refractivity contribution in [3.8, 4) is 11.3 Å². The van der Waals surface area contributed by atoms with E-state index in [0.29, 0.717) is 17.9 Å². The second kappa shape index (κ2) is 11.1. The number of hydrogen-bond donors (Lipinski definition) is 1. The summed E-state index contributed by atoms with van der Waals surface area (Å²) in [4.78, 5) is 28.6. The Morgan fingerprint density at radius 3 is 2.76 bits per heavy atom. The Balaban J connectivity index is 1.28. The van der Waals surface area contributed by atoms with E-state index < -0.39 is 0 Å². The quantitative estimate of drug-likeness (QED) is 0.341. The van der Waals surface area contributed by atoms with Gasteiger partial charge in [-0.05, 0) is 44.2 Å². The molecule has 37 heavy (non-hydrogen) atoms. The minimum atomic E-state index is -0.326. The molecular formula is C27H31FN8O. The Hall–Kier alpha value is -3.79. The van der Waals surface area contributed by atoms with E-state index in [1.807, 2.05) is 24.3 Å². The van der Waals surface area contributed by atoms with Crippen molar-refractivity contribution in [1.29, 1.82) is 0 Å². The molecule has 0 radical (unpaired) electrons. The third-order valence-electron chi connectivity index (χ3n) is 6.61. The molecule has 1 aliphatic heterocycles. The number of halogens is 1. The van der Waals surface area contributed by atoms with Crippen LogP contribution in [0.5, 0.6) is 0 Å². The lowest BCUT2D eigenvalue weighted by Gasteiger charge is -2.30. The van der Waals surface area contributed by atoms with Gasteiger partial charge in [-0.1, -0.05) is 17.3 Å². The first-order valence-corrected chi connectivity index (χ1v) is 12.7. The lowest BCUT2D eigenvalue weighted by molar-refractivity contribution is 0.0987. The Kier molecular flexibility index (Phi) is 7.45. The number of carbonyl (C=O) groups is 1. The summed E-state index contributed by atoms with van der Waals surface area (Å²) in [7, 11) is 0. The molecular weight excluding hydrogens is 471 g/mol. The van der Waals surface area contributed by atoms with Gasteiger partial charge in [-0.2, -0.15) is 0 Å². The highest BCUT2D eigenvalue weighted by atomic mass is 19.1. The van der Waals surface area contributed by atoms with Crippen LogP contribution in [-0.2, 0) is 6.42 Å². The van der Waals surface area contributed by atoms with Gasteiger partial charge in [0.1, 0.15) is 18.2 Å². The highest BCUT2D eigenvalue weighted by Gasteiger charge is 2.22. The number of piperidine rings is 1. The molecule has 5 rings (SSSR count). The van der Waals surface area contributed by atoms with Gasteiger partial charge in [0.2, 0.25) is 0 Å². The van der Waals surface area contributed by atoms with Crippen molar-refractivity contribution in [2.45, 2.75) is 45.2 Å². The van der Waals surface area contributed by atoms with E-state index >= 15 is 0 Å². The van der Waals surface area contributed by atoms with Gasteiger partial charge in [-0.3, -0.25) is 14.8 Å². The molecule has 0 amide bonds. The molecule has 0 aliphatic carbocycles. The van der Waals surface area contributed by atoms with Gasteiger partial charge in [0.15, 0.2) is 5.78 Å². The molecule has 4 heterocycles. The number of ketones is 1. The predicted octanol–water partition coefficient (Wildman–Crippen LogP) is 4.14. The molecule has 1 aliphatic rings. The van der Waals surface area contributed by atoms with Crippen LogP contribution in [0.4, 0.5) is 10.2 Å². The van der Waals surface area contributed by atoms with Crippen molar-refractivity contribution in [2.24, 2.45) is 0 Å². The molecule has 1 fully saturated rings. The summed E-state index contributed by atoms with van der Waals surface area (Å²) >= 11 is 0. The maximum absolute atomic E-state index is 13.0. The van der Waals surface area contributed by atoms with Crippen LogP contribution in [0.1, 0.15) is 48.9 Å². The number of benzene rings is 1. The monoisotopic (exact) mass is 502 g/mol. The van der Waals surface area contributed by atoms with Crippen molar-refractivity contribution in [3.63, 3.8) is 0 Å². The van der Waals surface area contributed by atoms with Crippen molar-refractivity contribution in [3.05, 3.63) is 60.4 Å². The number of pyridine rings is 1. The maximum atomic E-state index is 13.0. The van der Waals surface area contributed by atoms with Gasteiger partial charge in [-0.15, -0.1) is 5.10 Å². The number of hydrogen-bond acceptors (Lipinski definition) is 8. The first-order valence-electron chi connectivity index (χ1n) is 12.7. The molecule has 0 bridgehead atoms. The molecule has 0 spiro atoms. The Morgan fingerprint density at radius 2 is 1.97 bits per heavy atom. The minimum Gasteiger partial charge on any atom is -0.367 e. The summed E-state index contributed by atoms with van der Waals surface area (Å²) in [6, 6.07) is 8.41. The normalized spacial score (nSPS) is 14.9. The van der Waals surface area contributed by atoms with Gasteiger partial charge in [0.05, 0.1) is 36.7 Å². The number of aromatic nitrogens is 6. The molecule has 3 aromatic heterocycles. The van der Waals surface area contributed by atoms with Crippen LogP contribution in [0.25, 0.3) is 22.0 Å². The number of nitrogens with zero attached hydrogens (tertiary/aromatic N) is 7. The molecule has 1 N–H and O–H groups in total. The number of anilines is 1. The standard InChI is InChI=1S/C27H31FN8O/c1-18(2)31-27-16-29-15-24(32-27)19-3-4-20-14-30-22(12-21(20)11-19)13-26(37)25-17-36(34-33-25)23-5-8-35(9-6-23)10-7-28/h3-4,11-12,14-18,23H,5-10,13H2,1-2H3,(H,31,32). The van der Waals surface area contributed by atoms with E-state index in [9.17, 15) is 9.18 Å². The first-order chi connectivity index (χ1) is 18.0. The number of fused-ring (bicyclic) bond motifs is 1. The number of alkyl halides is 1. The highest BCUT2D eigenvalue weighted by molar-refractivity contribution is 5.96. The molecule has 0 saturated carbocycles. The molecule has 192 valence electrons. The summed E-state index contributed by atoms with van der Waals surface area (Å²) in [6.45, 7) is 5.91. The second-order valence-electron chi connectivity index (χ2n) is 9.77. The topological polar surface area (TPSA) is 102 Å². The lowest BCUT2D eigenvalue weighted by Crippen LogP contribution is -2.36. The highest BCUT2D eigenvalue weighted by Crippen LogP contribution is 2.25. The van der Waals surface area contributed by atoms with Crippen LogP contribution in [-0.4, -0.2) is 73.0 Å². The van der Waals surface area contributed by atoms with Crippen LogP contribution in [0.2, 0.25) is 0 Å². The van der Waals surface area contributed by atoms with Crippen LogP contribution in [0.15, 0.2) is 49.1 Å². The fourth-order valence-electron chi connectivity index (χ4n) is 4.68. The zero-order chi connectivity index (χ0) is 25.8. The number of Topliss-reactive ketones (excluding diaryl/α,β-unsaturated/α-hetero) is 1. The molecule has 0 atom stereocenters. The third kappa shape index (κ3) is 5.96. The van der Waals surface area contributed by atoms with Crippen LogP contribution < -0.4 is 5.32 Å². The average molecular weight is 503 g/mol. The number of rotatable bonds is 9. The van der Waals surface area contributed by atoms with Crippen molar-refractivity contribution >= 4 is 22.4 Å². The fourth-order valence-corrected chi connectivity index (χ4v) is 4.68. The fraction of sp³-hybridized carbons (Fsp3) is 0.407. The van der Waals surface area contributed by atoms with E-state index in [0.717, 1.165) is 53.8 Å². The van der Waals surface area contributed by atoms with Gasteiger partial charge >= 0.3 is 0 Å². The molecule has 1 aromatic carbocycles. The third-order valence-corrected chi connectivity index (χ3v) is 6.61. The zero-order valence-electron chi connectivity index (χ0n) is 21.1. The van der Waals surface area contributed by atoms with E-state index in [1.165, 1.54) is 0 Å². The maximum Gasteiger partial charge on any atom is 0.190 e. The Labute approximate surface area is 215 Å². The van der Waals surface area contributed by atoms with Crippen LogP contribution >= 0.6 is 0 Å². The van der Waals surface area contributed by atoms with Gasteiger partial charge in [0, 0.05) is 48.5 Å². The largest absolute Gasteiger partial charge is 0.367 e. The van der Waals surface area contributed by atoms with Gasteiger partial charge in [0.25, 0.3) is 0 Å². The van der Waals surface area contributed by atoms with E-state index in [-0.39, 0.29) is 31.0 Å². The summed E-state index contributed by atoms with van der Waals surface area (Å²) in [5.41, 5.74) is 2.72. The Bertz CT molecular complexity index is 1380. The number of likely N-dealkylation sites (tertiary alicyclic amines) is 1. The van der Waals surface area contributed by atoms with Crippen molar-refractivity contribution in [1.82, 2.24) is 34.8 Å². The zero-order valence-corrected chi connectivity index (χ0v) is 21.1. The smallest absolute Gasteiger partial charge is 0.190 e. The summed E-state index contributed by atoms with van der Waals surface area (Å²) in [6.07, 6.45) is 8.84.